The lowest BCUT2D eigenvalue weighted by Gasteiger charge is -2.07. The van der Waals surface area contributed by atoms with E-state index in [2.05, 4.69) is 42.2 Å². The molecule has 2 rings (SSSR count). The van der Waals surface area contributed by atoms with Crippen molar-refractivity contribution in [2.75, 3.05) is 13.2 Å². The van der Waals surface area contributed by atoms with Crippen molar-refractivity contribution in [3.63, 3.8) is 0 Å². The molecule has 168 valence electrons. The summed E-state index contributed by atoms with van der Waals surface area (Å²) in [7, 11) is 0. The van der Waals surface area contributed by atoms with Crippen LogP contribution in [0.25, 0.3) is 11.3 Å². The zero-order valence-electron chi connectivity index (χ0n) is 19.1. The Balaban J connectivity index is 1.72. The van der Waals surface area contributed by atoms with E-state index in [0.717, 1.165) is 63.0 Å². The molecule has 0 aliphatic heterocycles. The van der Waals surface area contributed by atoms with Crippen molar-refractivity contribution in [1.29, 1.82) is 0 Å². The Bertz CT molecular complexity index is 766. The van der Waals surface area contributed by atoms with Gasteiger partial charge in [-0.25, -0.2) is 0 Å². The topological polar surface area (TPSA) is 48.4 Å². The molecule has 31 heavy (non-hydrogen) atoms. The summed E-state index contributed by atoms with van der Waals surface area (Å²) in [6.07, 6.45) is 14.8. The summed E-state index contributed by atoms with van der Waals surface area (Å²) >= 11 is 0. The average molecular weight is 424 g/mol. The normalized spacial score (nSPS) is 11.2. The third-order valence-corrected chi connectivity index (χ3v) is 5.06. The summed E-state index contributed by atoms with van der Waals surface area (Å²) in [5, 5.41) is 0. The summed E-state index contributed by atoms with van der Waals surface area (Å²) in [5.74, 6) is 0.304. The standard InChI is InChI=1S/C27H37NO3/c1-3-5-6-7-10-13-27(29)31-25-18-19-26(28-22-25)24-16-14-23(15-17-24)12-9-8-11-21-30-20-4-2/h3,5,14-19,22H,4,6-13,20-21H2,1-2H3/b5-3+. The first-order chi connectivity index (χ1) is 15.2. The number of carbonyl (C=O) groups is 1. The van der Waals surface area contributed by atoms with E-state index in [-0.39, 0.29) is 5.97 Å². The fraction of sp³-hybridized carbons (Fsp3) is 0.481. The van der Waals surface area contributed by atoms with Crippen LogP contribution >= 0.6 is 0 Å². The van der Waals surface area contributed by atoms with Gasteiger partial charge < -0.3 is 9.47 Å². The maximum absolute atomic E-state index is 11.9. The summed E-state index contributed by atoms with van der Waals surface area (Å²) in [5.41, 5.74) is 3.29. The Labute approximate surface area is 187 Å². The van der Waals surface area contributed by atoms with Gasteiger partial charge in [0.1, 0.15) is 5.75 Å². The smallest absolute Gasteiger partial charge is 0.311 e. The van der Waals surface area contributed by atoms with E-state index in [4.69, 9.17) is 9.47 Å². The monoisotopic (exact) mass is 423 g/mol. The molecule has 0 amide bonds. The highest BCUT2D eigenvalue weighted by Gasteiger charge is 2.06. The van der Waals surface area contributed by atoms with Crippen LogP contribution < -0.4 is 4.74 Å². The first kappa shape index (κ1) is 24.8. The SMILES string of the molecule is C/C=C/CCCCC(=O)Oc1ccc(-c2ccc(CCCCCOCCC)cc2)nc1. The van der Waals surface area contributed by atoms with Crippen molar-refractivity contribution >= 4 is 5.97 Å². The highest BCUT2D eigenvalue weighted by molar-refractivity contribution is 5.72. The molecule has 4 heteroatoms. The molecule has 0 spiro atoms. The summed E-state index contributed by atoms with van der Waals surface area (Å²) in [6, 6.07) is 12.3. The number of hydrogen-bond acceptors (Lipinski definition) is 4. The quantitative estimate of drug-likeness (QED) is 0.177. The molecule has 1 aromatic heterocycles. The Morgan fingerprint density at radius 2 is 1.81 bits per heavy atom. The lowest BCUT2D eigenvalue weighted by molar-refractivity contribution is -0.134. The minimum atomic E-state index is -0.198. The van der Waals surface area contributed by atoms with Gasteiger partial charge in [-0.3, -0.25) is 9.78 Å². The molecule has 4 nitrogen and oxygen atoms in total. The fourth-order valence-electron chi connectivity index (χ4n) is 3.29. The second-order valence-electron chi connectivity index (χ2n) is 7.79. The number of ether oxygens (including phenoxy) is 2. The Morgan fingerprint density at radius 3 is 2.52 bits per heavy atom. The van der Waals surface area contributed by atoms with Crippen LogP contribution in [0, 0.1) is 0 Å². The number of nitrogens with zero attached hydrogens (tertiary/aromatic N) is 1. The third kappa shape index (κ3) is 10.4. The van der Waals surface area contributed by atoms with Gasteiger partial charge in [-0.05, 0) is 69.6 Å². The number of pyridine rings is 1. The predicted octanol–water partition coefficient (Wildman–Crippen LogP) is 6.93. The molecule has 0 fully saturated rings. The lowest BCUT2D eigenvalue weighted by atomic mass is 10.0. The van der Waals surface area contributed by atoms with E-state index in [1.165, 1.54) is 18.4 Å². The lowest BCUT2D eigenvalue weighted by Crippen LogP contribution is -2.07. The van der Waals surface area contributed by atoms with Crippen molar-refractivity contribution < 1.29 is 14.3 Å². The van der Waals surface area contributed by atoms with E-state index in [1.54, 1.807) is 6.20 Å². The number of aryl methyl sites for hydroxylation is 1. The maximum Gasteiger partial charge on any atom is 0.311 e. The molecule has 0 N–H and O–H groups in total. The molecule has 0 saturated carbocycles. The minimum absolute atomic E-state index is 0.198. The Morgan fingerprint density at radius 1 is 0.968 bits per heavy atom. The first-order valence-electron chi connectivity index (χ1n) is 11.7. The number of unbranched alkanes of at least 4 members (excludes halogenated alkanes) is 4. The Hall–Kier alpha value is -2.46. The van der Waals surface area contributed by atoms with Gasteiger partial charge in [-0.1, -0.05) is 49.8 Å². The van der Waals surface area contributed by atoms with Crippen LogP contribution in [0.2, 0.25) is 0 Å². The molecular formula is C27H37NO3. The van der Waals surface area contributed by atoms with Gasteiger partial charge in [-0.15, -0.1) is 0 Å². The number of esters is 1. The second kappa shape index (κ2) is 15.4. The van der Waals surface area contributed by atoms with Crippen molar-refractivity contribution in [3.8, 4) is 17.0 Å². The number of carbonyl (C=O) groups excluding carboxylic acids is 1. The number of rotatable bonds is 15. The molecule has 0 aliphatic carbocycles. The predicted molar refractivity (Wildman–Crippen MR) is 127 cm³/mol. The van der Waals surface area contributed by atoms with Crippen LogP contribution in [-0.2, 0) is 16.0 Å². The molecule has 2 aromatic rings. The largest absolute Gasteiger partial charge is 0.425 e. The number of benzene rings is 1. The second-order valence-corrected chi connectivity index (χ2v) is 7.79. The number of hydrogen-bond donors (Lipinski definition) is 0. The number of allylic oxidation sites excluding steroid dienone is 2. The molecule has 0 atom stereocenters. The molecule has 0 radical (unpaired) electrons. The highest BCUT2D eigenvalue weighted by atomic mass is 16.5. The maximum atomic E-state index is 11.9. The summed E-state index contributed by atoms with van der Waals surface area (Å²) in [4.78, 5) is 16.4. The van der Waals surface area contributed by atoms with E-state index in [9.17, 15) is 4.79 Å². The van der Waals surface area contributed by atoms with Gasteiger partial charge >= 0.3 is 5.97 Å². The highest BCUT2D eigenvalue weighted by Crippen LogP contribution is 2.21. The molecule has 0 saturated heterocycles. The van der Waals surface area contributed by atoms with E-state index in [1.807, 2.05) is 25.1 Å². The molecule has 1 heterocycles. The average Bonchev–Trinajstić information content (AvgIpc) is 2.79. The van der Waals surface area contributed by atoms with Gasteiger partial charge in [0.05, 0.1) is 11.9 Å². The summed E-state index contributed by atoms with van der Waals surface area (Å²) < 4.78 is 10.9. The minimum Gasteiger partial charge on any atom is -0.425 e. The van der Waals surface area contributed by atoms with Gasteiger partial charge in [0, 0.05) is 25.2 Å². The van der Waals surface area contributed by atoms with Gasteiger partial charge in [-0.2, -0.15) is 0 Å². The molecule has 0 aliphatic rings. The van der Waals surface area contributed by atoms with E-state index >= 15 is 0 Å². The zero-order chi connectivity index (χ0) is 22.2. The zero-order valence-corrected chi connectivity index (χ0v) is 19.1. The van der Waals surface area contributed by atoms with Crippen molar-refractivity contribution in [2.45, 2.75) is 71.6 Å². The van der Waals surface area contributed by atoms with Crippen molar-refractivity contribution in [1.82, 2.24) is 4.98 Å². The van der Waals surface area contributed by atoms with Crippen LogP contribution in [-0.4, -0.2) is 24.2 Å². The summed E-state index contributed by atoms with van der Waals surface area (Å²) in [6.45, 7) is 5.89. The van der Waals surface area contributed by atoms with Crippen molar-refractivity contribution in [3.05, 3.63) is 60.3 Å². The van der Waals surface area contributed by atoms with E-state index in [0.29, 0.717) is 12.2 Å². The fourth-order valence-corrected chi connectivity index (χ4v) is 3.29. The van der Waals surface area contributed by atoms with Crippen molar-refractivity contribution in [2.24, 2.45) is 0 Å². The van der Waals surface area contributed by atoms with Crippen LogP contribution in [0.3, 0.4) is 0 Å². The third-order valence-electron chi connectivity index (χ3n) is 5.06. The number of aromatic nitrogens is 1. The Kier molecular flexibility index (Phi) is 12.3. The van der Waals surface area contributed by atoms with Crippen LogP contribution in [0.15, 0.2) is 54.7 Å². The van der Waals surface area contributed by atoms with Gasteiger partial charge in [0.25, 0.3) is 0 Å². The van der Waals surface area contributed by atoms with Crippen LogP contribution in [0.1, 0.15) is 70.8 Å². The molecular weight excluding hydrogens is 386 g/mol. The van der Waals surface area contributed by atoms with Gasteiger partial charge in [0.2, 0.25) is 0 Å². The van der Waals surface area contributed by atoms with Crippen LogP contribution in [0.5, 0.6) is 5.75 Å². The molecule has 0 bridgehead atoms. The van der Waals surface area contributed by atoms with E-state index < -0.39 is 0 Å². The first-order valence-corrected chi connectivity index (χ1v) is 11.7. The van der Waals surface area contributed by atoms with Gasteiger partial charge in [0.15, 0.2) is 0 Å². The molecule has 0 unspecified atom stereocenters. The molecule has 1 aromatic carbocycles. The van der Waals surface area contributed by atoms with Crippen LogP contribution in [0.4, 0.5) is 0 Å².